The Morgan fingerprint density at radius 2 is 2.00 bits per heavy atom. The van der Waals surface area contributed by atoms with E-state index in [1.54, 1.807) is 0 Å². The number of hydrogen-bond donors (Lipinski definition) is 1. The first-order valence-corrected chi connectivity index (χ1v) is 7.90. The van der Waals surface area contributed by atoms with Gasteiger partial charge in [-0.25, -0.2) is 0 Å². The highest BCUT2D eigenvalue weighted by Gasteiger charge is 2.24. The molecule has 2 unspecified atom stereocenters. The summed E-state index contributed by atoms with van der Waals surface area (Å²) in [7, 11) is 0. The molecule has 1 aromatic heterocycles. The minimum absolute atomic E-state index is 0. The second kappa shape index (κ2) is 7.95. The Balaban J connectivity index is 0.00000176. The SMILES string of the molecule is Cl.NC1CCCCC1Cc1nc(Cc2ccccc2Cl)no1. The highest BCUT2D eigenvalue weighted by Crippen LogP contribution is 2.26. The average molecular weight is 342 g/mol. The van der Waals surface area contributed by atoms with Gasteiger partial charge in [-0.15, -0.1) is 12.4 Å². The van der Waals surface area contributed by atoms with Gasteiger partial charge in [-0.1, -0.05) is 47.8 Å². The molecule has 1 aliphatic carbocycles. The molecule has 120 valence electrons. The van der Waals surface area contributed by atoms with Crippen LogP contribution in [0.4, 0.5) is 0 Å². The Morgan fingerprint density at radius 3 is 2.77 bits per heavy atom. The van der Waals surface area contributed by atoms with E-state index in [4.69, 9.17) is 21.9 Å². The molecule has 6 heteroatoms. The van der Waals surface area contributed by atoms with Gasteiger partial charge in [0.15, 0.2) is 5.82 Å². The number of nitrogens with two attached hydrogens (primary N) is 1. The lowest BCUT2D eigenvalue weighted by atomic mass is 9.83. The molecule has 0 aliphatic heterocycles. The molecule has 1 aliphatic rings. The molecule has 22 heavy (non-hydrogen) atoms. The van der Waals surface area contributed by atoms with E-state index in [9.17, 15) is 0 Å². The van der Waals surface area contributed by atoms with Crippen molar-refractivity contribution in [3.63, 3.8) is 0 Å². The fourth-order valence-electron chi connectivity index (χ4n) is 2.97. The third kappa shape index (κ3) is 4.22. The van der Waals surface area contributed by atoms with Gasteiger partial charge in [0.05, 0.1) is 0 Å². The molecule has 0 bridgehead atoms. The van der Waals surface area contributed by atoms with Crippen molar-refractivity contribution in [1.29, 1.82) is 0 Å². The summed E-state index contributed by atoms with van der Waals surface area (Å²) in [6, 6.07) is 7.99. The van der Waals surface area contributed by atoms with E-state index >= 15 is 0 Å². The van der Waals surface area contributed by atoms with Crippen LogP contribution in [0.25, 0.3) is 0 Å². The topological polar surface area (TPSA) is 64.9 Å². The lowest BCUT2D eigenvalue weighted by Gasteiger charge is -2.27. The highest BCUT2D eigenvalue weighted by atomic mass is 35.5. The molecular formula is C16H21Cl2N3O. The number of benzene rings is 1. The average Bonchev–Trinajstić information content (AvgIpc) is 2.91. The number of aromatic nitrogens is 2. The van der Waals surface area contributed by atoms with Crippen LogP contribution >= 0.6 is 24.0 Å². The van der Waals surface area contributed by atoms with Crippen molar-refractivity contribution >= 4 is 24.0 Å². The maximum atomic E-state index is 6.17. The van der Waals surface area contributed by atoms with Gasteiger partial charge in [0.2, 0.25) is 5.89 Å². The lowest BCUT2D eigenvalue weighted by molar-refractivity contribution is 0.273. The quantitative estimate of drug-likeness (QED) is 0.918. The summed E-state index contributed by atoms with van der Waals surface area (Å²) in [6.07, 6.45) is 6.13. The van der Waals surface area contributed by atoms with Gasteiger partial charge in [-0.05, 0) is 30.4 Å². The molecule has 1 saturated carbocycles. The number of nitrogens with zero attached hydrogens (tertiary/aromatic N) is 2. The van der Waals surface area contributed by atoms with Gasteiger partial charge >= 0.3 is 0 Å². The van der Waals surface area contributed by atoms with Crippen LogP contribution in [0.5, 0.6) is 0 Å². The molecule has 0 saturated heterocycles. The van der Waals surface area contributed by atoms with Crippen molar-refractivity contribution in [3.8, 4) is 0 Å². The molecule has 1 aromatic carbocycles. The van der Waals surface area contributed by atoms with Crippen molar-refractivity contribution in [3.05, 3.63) is 46.6 Å². The van der Waals surface area contributed by atoms with E-state index in [0.29, 0.717) is 24.1 Å². The molecule has 0 spiro atoms. The number of rotatable bonds is 4. The molecule has 1 fully saturated rings. The maximum absolute atomic E-state index is 6.17. The molecule has 2 atom stereocenters. The van der Waals surface area contributed by atoms with Crippen LogP contribution in [0.3, 0.4) is 0 Å². The second-order valence-electron chi connectivity index (χ2n) is 5.79. The monoisotopic (exact) mass is 341 g/mol. The van der Waals surface area contributed by atoms with Crippen LogP contribution in [-0.2, 0) is 12.8 Å². The molecule has 2 aromatic rings. The second-order valence-corrected chi connectivity index (χ2v) is 6.19. The summed E-state index contributed by atoms with van der Waals surface area (Å²) < 4.78 is 5.37. The third-order valence-electron chi connectivity index (χ3n) is 4.22. The third-order valence-corrected chi connectivity index (χ3v) is 4.59. The lowest BCUT2D eigenvalue weighted by Crippen LogP contribution is -2.34. The van der Waals surface area contributed by atoms with Gasteiger partial charge in [-0.2, -0.15) is 4.98 Å². The fraction of sp³-hybridized carbons (Fsp3) is 0.500. The van der Waals surface area contributed by atoms with Crippen molar-refractivity contribution in [1.82, 2.24) is 10.1 Å². The summed E-state index contributed by atoms with van der Waals surface area (Å²) in [5.41, 5.74) is 7.18. The fourth-order valence-corrected chi connectivity index (χ4v) is 3.17. The first-order chi connectivity index (χ1) is 10.2. The van der Waals surface area contributed by atoms with Crippen molar-refractivity contribution in [2.75, 3.05) is 0 Å². The Morgan fingerprint density at radius 1 is 1.23 bits per heavy atom. The number of hydrogen-bond acceptors (Lipinski definition) is 4. The Kier molecular flexibility index (Phi) is 6.24. The van der Waals surface area contributed by atoms with Crippen molar-refractivity contribution in [2.24, 2.45) is 11.7 Å². The molecule has 2 N–H and O–H groups in total. The first-order valence-electron chi connectivity index (χ1n) is 7.53. The molecule has 4 nitrogen and oxygen atoms in total. The zero-order valence-electron chi connectivity index (χ0n) is 12.4. The summed E-state index contributed by atoms with van der Waals surface area (Å²) in [5.74, 6) is 1.84. The zero-order chi connectivity index (χ0) is 14.7. The van der Waals surface area contributed by atoms with E-state index in [1.807, 2.05) is 24.3 Å². The summed E-state index contributed by atoms with van der Waals surface area (Å²) in [5, 5.41) is 4.79. The Labute approximate surface area is 141 Å². The molecule has 3 rings (SSSR count). The Hall–Kier alpha value is -1.10. The molecule has 1 heterocycles. The van der Waals surface area contributed by atoms with Crippen LogP contribution in [0.2, 0.25) is 5.02 Å². The minimum atomic E-state index is 0. The van der Waals surface area contributed by atoms with Crippen LogP contribution in [0, 0.1) is 5.92 Å². The smallest absolute Gasteiger partial charge is 0.226 e. The summed E-state index contributed by atoms with van der Waals surface area (Å²) >= 11 is 6.15. The van der Waals surface area contributed by atoms with E-state index in [2.05, 4.69) is 10.1 Å². The van der Waals surface area contributed by atoms with Crippen LogP contribution < -0.4 is 5.73 Å². The van der Waals surface area contributed by atoms with Crippen LogP contribution in [-0.4, -0.2) is 16.2 Å². The molecule has 0 radical (unpaired) electrons. The van der Waals surface area contributed by atoms with Gasteiger partial charge in [-0.3, -0.25) is 0 Å². The van der Waals surface area contributed by atoms with Gasteiger partial charge < -0.3 is 10.3 Å². The summed E-state index contributed by atoms with van der Waals surface area (Å²) in [6.45, 7) is 0. The predicted octanol–water partition coefficient (Wildman–Crippen LogP) is 3.80. The van der Waals surface area contributed by atoms with Gasteiger partial charge in [0.25, 0.3) is 0 Å². The highest BCUT2D eigenvalue weighted by molar-refractivity contribution is 6.31. The molecular weight excluding hydrogens is 321 g/mol. The van der Waals surface area contributed by atoms with Crippen molar-refractivity contribution < 1.29 is 4.52 Å². The standard InChI is InChI=1S/C16H20ClN3O.ClH/c17-13-7-3-1-5-11(13)9-15-19-16(21-20-15)10-12-6-2-4-8-14(12)18;/h1,3,5,7,12,14H,2,4,6,8-10,18H2;1H. The van der Waals surface area contributed by atoms with E-state index in [0.717, 1.165) is 29.8 Å². The van der Waals surface area contributed by atoms with Gasteiger partial charge in [0, 0.05) is 23.9 Å². The van der Waals surface area contributed by atoms with Crippen molar-refractivity contribution in [2.45, 2.75) is 44.6 Å². The van der Waals surface area contributed by atoms with Crippen LogP contribution in [0.15, 0.2) is 28.8 Å². The van der Waals surface area contributed by atoms with Crippen LogP contribution in [0.1, 0.15) is 43.0 Å². The summed E-state index contributed by atoms with van der Waals surface area (Å²) in [4.78, 5) is 4.48. The molecule has 0 amide bonds. The van der Waals surface area contributed by atoms with Gasteiger partial charge in [0.1, 0.15) is 0 Å². The largest absolute Gasteiger partial charge is 0.339 e. The Bertz CT molecular complexity index is 603. The maximum Gasteiger partial charge on any atom is 0.226 e. The van der Waals surface area contributed by atoms with E-state index in [1.165, 1.54) is 12.8 Å². The normalized spacial score (nSPS) is 21.4. The van der Waals surface area contributed by atoms with E-state index in [-0.39, 0.29) is 18.4 Å². The van der Waals surface area contributed by atoms with E-state index < -0.39 is 0 Å². The first kappa shape index (κ1) is 17.3. The zero-order valence-corrected chi connectivity index (χ0v) is 13.9. The predicted molar refractivity (Wildman–Crippen MR) is 89.4 cm³/mol. The minimum Gasteiger partial charge on any atom is -0.339 e. The number of halogens is 2.